The summed E-state index contributed by atoms with van der Waals surface area (Å²) in [5, 5.41) is 8.02. The normalized spacial score (nSPS) is 12.0. The van der Waals surface area contributed by atoms with Crippen molar-refractivity contribution in [2.45, 2.75) is 32.6 Å². The average molecular weight is 278 g/mol. The Morgan fingerprint density at radius 1 is 1.37 bits per heavy atom. The maximum absolute atomic E-state index is 4.62. The van der Waals surface area contributed by atoms with Gasteiger partial charge in [0.05, 0.1) is 5.69 Å². The van der Waals surface area contributed by atoms with Crippen LogP contribution in [-0.2, 0) is 5.41 Å². The number of aromatic nitrogens is 3. The van der Waals surface area contributed by atoms with Gasteiger partial charge in [-0.3, -0.25) is 0 Å². The molecule has 0 saturated carbocycles. The van der Waals surface area contributed by atoms with Gasteiger partial charge in [-0.25, -0.2) is 9.50 Å². The van der Waals surface area contributed by atoms with Gasteiger partial charge in [-0.15, -0.1) is 0 Å². The molecule has 0 aromatic carbocycles. The summed E-state index contributed by atoms with van der Waals surface area (Å²) in [5.41, 5.74) is 2.20. The van der Waals surface area contributed by atoms with E-state index in [0.717, 1.165) is 30.0 Å². The van der Waals surface area contributed by atoms with Crippen LogP contribution in [0.15, 0.2) is 18.5 Å². The first-order valence-corrected chi connectivity index (χ1v) is 7.99. The lowest BCUT2D eigenvalue weighted by molar-refractivity contribution is 0.562. The number of fused-ring (bicyclic) bond motifs is 1. The number of anilines is 1. The van der Waals surface area contributed by atoms with E-state index in [1.807, 2.05) is 22.5 Å². The van der Waals surface area contributed by atoms with Crippen molar-refractivity contribution < 1.29 is 0 Å². The topological polar surface area (TPSA) is 42.2 Å². The molecule has 0 saturated heterocycles. The lowest BCUT2D eigenvalue weighted by Crippen LogP contribution is -2.11. The number of hydrogen-bond acceptors (Lipinski definition) is 4. The van der Waals surface area contributed by atoms with Gasteiger partial charge in [0, 0.05) is 24.4 Å². The van der Waals surface area contributed by atoms with E-state index in [1.54, 1.807) is 6.20 Å². The van der Waals surface area contributed by atoms with E-state index in [0.29, 0.717) is 0 Å². The van der Waals surface area contributed by atoms with Crippen LogP contribution in [0.5, 0.6) is 0 Å². The molecule has 4 nitrogen and oxygen atoms in total. The molecule has 1 N–H and O–H groups in total. The van der Waals surface area contributed by atoms with E-state index < -0.39 is 0 Å². The monoisotopic (exact) mass is 278 g/mol. The van der Waals surface area contributed by atoms with Gasteiger partial charge in [-0.1, -0.05) is 20.8 Å². The van der Waals surface area contributed by atoms with E-state index in [9.17, 15) is 0 Å². The zero-order valence-corrected chi connectivity index (χ0v) is 12.9. The second-order valence-electron chi connectivity index (χ2n) is 5.66. The molecule has 2 aromatic rings. The van der Waals surface area contributed by atoms with Crippen LogP contribution in [0, 0.1) is 0 Å². The molecule has 5 heteroatoms. The van der Waals surface area contributed by atoms with Crippen LogP contribution in [0.2, 0.25) is 0 Å². The summed E-state index contributed by atoms with van der Waals surface area (Å²) in [6.45, 7) is 7.47. The van der Waals surface area contributed by atoms with Crippen LogP contribution in [0.25, 0.3) is 5.52 Å². The first-order valence-electron chi connectivity index (χ1n) is 6.60. The summed E-state index contributed by atoms with van der Waals surface area (Å²) < 4.78 is 1.91. The third-order valence-corrected chi connectivity index (χ3v) is 3.67. The second-order valence-corrected chi connectivity index (χ2v) is 6.64. The molecule has 2 rings (SSSR count). The average Bonchev–Trinajstić information content (AvgIpc) is 2.79. The van der Waals surface area contributed by atoms with Crippen LogP contribution >= 0.6 is 11.8 Å². The smallest absolute Gasteiger partial charge is 0.152 e. The molecule has 19 heavy (non-hydrogen) atoms. The molecular formula is C14H22N4S. The van der Waals surface area contributed by atoms with Gasteiger partial charge in [-0.05, 0) is 24.5 Å². The van der Waals surface area contributed by atoms with Crippen LogP contribution in [0.4, 0.5) is 5.82 Å². The molecule has 0 fully saturated rings. The Bertz CT molecular complexity index is 542. The Hall–Kier alpha value is -1.23. The standard InChI is InChI=1S/C14H22N4S/c1-14(2,3)12-10-11-13(15-6-5-9-19-4)16-7-8-18(11)17-12/h7-8,10H,5-6,9H2,1-4H3,(H,15,16). The summed E-state index contributed by atoms with van der Waals surface area (Å²) in [5.74, 6) is 2.09. The minimum absolute atomic E-state index is 0.0577. The summed E-state index contributed by atoms with van der Waals surface area (Å²) in [6, 6.07) is 2.13. The molecule has 0 spiro atoms. The molecule has 0 aliphatic carbocycles. The number of nitrogens with zero attached hydrogens (tertiary/aromatic N) is 3. The number of nitrogens with one attached hydrogen (secondary N) is 1. The third kappa shape index (κ3) is 3.41. The Kier molecular flexibility index (Phi) is 4.34. The second kappa shape index (κ2) is 5.82. The Morgan fingerprint density at radius 2 is 2.16 bits per heavy atom. The van der Waals surface area contributed by atoms with Crippen molar-refractivity contribution in [1.82, 2.24) is 14.6 Å². The fraction of sp³-hybridized carbons (Fsp3) is 0.571. The van der Waals surface area contributed by atoms with Crippen molar-refractivity contribution in [1.29, 1.82) is 0 Å². The van der Waals surface area contributed by atoms with Gasteiger partial charge < -0.3 is 5.32 Å². The fourth-order valence-corrected chi connectivity index (χ4v) is 2.28. The predicted octanol–water partition coefficient (Wildman–Crippen LogP) is 3.19. The molecule has 0 unspecified atom stereocenters. The first-order chi connectivity index (χ1) is 9.02. The highest BCUT2D eigenvalue weighted by atomic mass is 32.2. The Morgan fingerprint density at radius 3 is 2.84 bits per heavy atom. The van der Waals surface area contributed by atoms with Crippen molar-refractivity contribution in [3.05, 3.63) is 24.2 Å². The lowest BCUT2D eigenvalue weighted by Gasteiger charge is -2.13. The summed E-state index contributed by atoms with van der Waals surface area (Å²) >= 11 is 1.87. The van der Waals surface area contributed by atoms with E-state index in [1.165, 1.54) is 5.75 Å². The summed E-state index contributed by atoms with van der Waals surface area (Å²) in [4.78, 5) is 4.42. The van der Waals surface area contributed by atoms with Crippen LogP contribution < -0.4 is 5.32 Å². The van der Waals surface area contributed by atoms with Crippen LogP contribution in [-0.4, -0.2) is 33.2 Å². The highest BCUT2D eigenvalue weighted by molar-refractivity contribution is 7.98. The van der Waals surface area contributed by atoms with Gasteiger partial charge in [-0.2, -0.15) is 16.9 Å². The molecule has 0 atom stereocenters. The van der Waals surface area contributed by atoms with Crippen molar-refractivity contribution in [3.8, 4) is 0 Å². The fourth-order valence-electron chi connectivity index (χ4n) is 1.85. The lowest BCUT2D eigenvalue weighted by atomic mass is 9.92. The molecule has 0 aliphatic heterocycles. The number of hydrogen-bond donors (Lipinski definition) is 1. The highest BCUT2D eigenvalue weighted by Gasteiger charge is 2.18. The maximum atomic E-state index is 4.62. The molecule has 0 aliphatic rings. The zero-order chi connectivity index (χ0) is 13.9. The van der Waals surface area contributed by atoms with E-state index in [4.69, 9.17) is 0 Å². The molecule has 104 valence electrons. The van der Waals surface area contributed by atoms with Crippen molar-refractivity contribution in [2.75, 3.05) is 23.9 Å². The van der Waals surface area contributed by atoms with Crippen molar-refractivity contribution in [2.24, 2.45) is 0 Å². The number of thioether (sulfide) groups is 1. The van der Waals surface area contributed by atoms with E-state index >= 15 is 0 Å². The van der Waals surface area contributed by atoms with E-state index in [-0.39, 0.29) is 5.41 Å². The number of rotatable bonds is 5. The predicted molar refractivity (Wildman–Crippen MR) is 83.2 cm³/mol. The first kappa shape index (κ1) is 14.2. The largest absolute Gasteiger partial charge is 0.368 e. The Balaban J connectivity index is 2.22. The summed E-state index contributed by atoms with van der Waals surface area (Å²) in [7, 11) is 0. The van der Waals surface area contributed by atoms with Gasteiger partial charge in [0.25, 0.3) is 0 Å². The van der Waals surface area contributed by atoms with Crippen LogP contribution in [0.1, 0.15) is 32.9 Å². The minimum atomic E-state index is 0.0577. The van der Waals surface area contributed by atoms with Crippen LogP contribution in [0.3, 0.4) is 0 Å². The van der Waals surface area contributed by atoms with Gasteiger partial charge in [0.2, 0.25) is 0 Å². The third-order valence-electron chi connectivity index (χ3n) is 2.98. The summed E-state index contributed by atoms with van der Waals surface area (Å²) in [6.07, 6.45) is 6.97. The van der Waals surface area contributed by atoms with Crippen molar-refractivity contribution >= 4 is 23.1 Å². The maximum Gasteiger partial charge on any atom is 0.152 e. The SMILES string of the molecule is CSCCCNc1nccn2nc(C(C)(C)C)cc12. The van der Waals surface area contributed by atoms with E-state index in [2.05, 4.69) is 48.5 Å². The minimum Gasteiger partial charge on any atom is -0.368 e. The zero-order valence-electron chi connectivity index (χ0n) is 12.1. The van der Waals surface area contributed by atoms with Gasteiger partial charge in [0.15, 0.2) is 5.82 Å². The highest BCUT2D eigenvalue weighted by Crippen LogP contribution is 2.24. The Labute approximate surface area is 119 Å². The molecular weight excluding hydrogens is 256 g/mol. The quantitative estimate of drug-likeness (QED) is 0.853. The molecule has 2 heterocycles. The molecule has 2 aromatic heterocycles. The van der Waals surface area contributed by atoms with Crippen molar-refractivity contribution in [3.63, 3.8) is 0 Å². The van der Waals surface area contributed by atoms with Gasteiger partial charge in [0.1, 0.15) is 5.52 Å². The molecule has 0 amide bonds. The molecule has 0 bridgehead atoms. The van der Waals surface area contributed by atoms with Gasteiger partial charge >= 0.3 is 0 Å². The molecule has 0 radical (unpaired) electrons.